The van der Waals surface area contributed by atoms with Crippen LogP contribution in [0.3, 0.4) is 0 Å². The van der Waals surface area contributed by atoms with E-state index in [0.29, 0.717) is 31.7 Å². The number of piperidine rings is 2. The number of carbonyl (C=O) groups excluding carboxylic acids is 2. The molecule has 8 nitrogen and oxygen atoms in total. The number of hydrogen-bond donors (Lipinski definition) is 0. The predicted molar refractivity (Wildman–Crippen MR) is 102 cm³/mol. The average Bonchev–Trinajstić information content (AvgIpc) is 3.12. The minimum atomic E-state index is -0.0431. The highest BCUT2D eigenvalue weighted by Gasteiger charge is 2.43. The Hall–Kier alpha value is -2.77. The van der Waals surface area contributed by atoms with E-state index >= 15 is 0 Å². The first kappa shape index (κ1) is 18.6. The number of rotatable bonds is 3. The molecule has 2 aliphatic rings. The number of carbonyl (C=O) groups is 2. The van der Waals surface area contributed by atoms with E-state index in [1.165, 1.54) is 0 Å². The molecular formula is C20H26N6O2. The van der Waals surface area contributed by atoms with Crippen LogP contribution >= 0.6 is 0 Å². The van der Waals surface area contributed by atoms with Crippen LogP contribution in [-0.2, 0) is 18.4 Å². The van der Waals surface area contributed by atoms with Gasteiger partial charge in [0.1, 0.15) is 5.69 Å². The second kappa shape index (κ2) is 7.33. The van der Waals surface area contributed by atoms with Crippen molar-refractivity contribution in [1.29, 1.82) is 0 Å². The Labute approximate surface area is 164 Å². The van der Waals surface area contributed by atoms with Crippen LogP contribution in [0.2, 0.25) is 0 Å². The summed E-state index contributed by atoms with van der Waals surface area (Å²) >= 11 is 0. The fraction of sp³-hybridized carbons (Fsp3) is 0.550. The Kier molecular flexibility index (Phi) is 4.87. The minimum absolute atomic E-state index is 0.0203. The van der Waals surface area contributed by atoms with Crippen LogP contribution in [0.15, 0.2) is 24.7 Å². The van der Waals surface area contributed by atoms with Gasteiger partial charge in [-0.2, -0.15) is 5.10 Å². The highest BCUT2D eigenvalue weighted by atomic mass is 16.2. The van der Waals surface area contributed by atoms with Crippen LogP contribution < -0.4 is 0 Å². The lowest BCUT2D eigenvalue weighted by Crippen LogP contribution is -2.55. The molecule has 28 heavy (non-hydrogen) atoms. The number of likely N-dealkylation sites (tertiary alicyclic amines) is 2. The van der Waals surface area contributed by atoms with Crippen LogP contribution in [0.5, 0.6) is 0 Å². The van der Waals surface area contributed by atoms with Gasteiger partial charge in [-0.15, -0.1) is 0 Å². The van der Waals surface area contributed by atoms with Gasteiger partial charge in [0.25, 0.3) is 5.91 Å². The molecule has 0 unspecified atom stereocenters. The molecule has 0 bridgehead atoms. The molecule has 0 aliphatic carbocycles. The van der Waals surface area contributed by atoms with Crippen molar-refractivity contribution in [2.24, 2.45) is 12.5 Å². The molecular weight excluding hydrogens is 356 g/mol. The number of aromatic nitrogens is 4. The molecule has 4 rings (SSSR count). The van der Waals surface area contributed by atoms with Crippen LogP contribution in [-0.4, -0.2) is 61.0 Å². The van der Waals surface area contributed by atoms with Gasteiger partial charge < -0.3 is 9.80 Å². The Balaban J connectivity index is 1.48. The van der Waals surface area contributed by atoms with Gasteiger partial charge in [-0.05, 0) is 32.3 Å². The van der Waals surface area contributed by atoms with E-state index in [1.54, 1.807) is 36.4 Å². The number of aryl methyl sites for hydroxylation is 2. The number of amides is 2. The lowest BCUT2D eigenvalue weighted by molar-refractivity contribution is -0.139. The van der Waals surface area contributed by atoms with Crippen molar-refractivity contribution in [3.05, 3.63) is 41.7 Å². The lowest BCUT2D eigenvalue weighted by atomic mass is 9.73. The average molecular weight is 382 g/mol. The molecule has 0 N–H and O–H groups in total. The van der Waals surface area contributed by atoms with Gasteiger partial charge in [0.15, 0.2) is 0 Å². The summed E-state index contributed by atoms with van der Waals surface area (Å²) < 4.78 is 1.62. The molecule has 0 aromatic carbocycles. The molecule has 1 spiro atoms. The summed E-state index contributed by atoms with van der Waals surface area (Å²) in [4.78, 5) is 38.0. The minimum Gasteiger partial charge on any atom is -0.337 e. The van der Waals surface area contributed by atoms with Gasteiger partial charge in [-0.3, -0.25) is 24.2 Å². The van der Waals surface area contributed by atoms with Crippen LogP contribution in [0.4, 0.5) is 0 Å². The van der Waals surface area contributed by atoms with E-state index in [9.17, 15) is 9.59 Å². The highest BCUT2D eigenvalue weighted by molar-refractivity contribution is 5.92. The summed E-state index contributed by atoms with van der Waals surface area (Å²) in [5, 5.41) is 4.11. The zero-order valence-corrected chi connectivity index (χ0v) is 16.5. The molecule has 0 radical (unpaired) electrons. The van der Waals surface area contributed by atoms with Gasteiger partial charge in [0, 0.05) is 50.9 Å². The Morgan fingerprint density at radius 2 is 2.07 bits per heavy atom. The summed E-state index contributed by atoms with van der Waals surface area (Å²) in [6.45, 7) is 4.47. The number of nitrogens with zero attached hydrogens (tertiary/aromatic N) is 6. The van der Waals surface area contributed by atoms with E-state index in [4.69, 9.17) is 0 Å². The molecule has 8 heteroatoms. The smallest absolute Gasteiger partial charge is 0.272 e. The third-order valence-electron chi connectivity index (χ3n) is 5.92. The molecule has 2 fully saturated rings. The molecule has 2 saturated heterocycles. The van der Waals surface area contributed by atoms with E-state index in [2.05, 4.69) is 15.1 Å². The van der Waals surface area contributed by atoms with Gasteiger partial charge >= 0.3 is 0 Å². The predicted octanol–water partition coefficient (Wildman–Crippen LogP) is 1.56. The van der Waals surface area contributed by atoms with Crippen molar-refractivity contribution in [3.63, 3.8) is 0 Å². The molecule has 148 valence electrons. The van der Waals surface area contributed by atoms with Gasteiger partial charge in [0.05, 0.1) is 24.1 Å². The molecule has 2 amide bonds. The maximum Gasteiger partial charge on any atom is 0.272 e. The van der Waals surface area contributed by atoms with Gasteiger partial charge in [0.2, 0.25) is 5.91 Å². The second-order valence-electron chi connectivity index (χ2n) is 8.07. The summed E-state index contributed by atoms with van der Waals surface area (Å²) in [6.07, 6.45) is 8.46. The van der Waals surface area contributed by atoms with Crippen molar-refractivity contribution in [3.8, 4) is 0 Å². The van der Waals surface area contributed by atoms with E-state index in [1.807, 2.05) is 16.7 Å². The molecule has 0 saturated carbocycles. The lowest BCUT2D eigenvalue weighted by Gasteiger charge is -2.48. The molecule has 1 atom stereocenters. The third kappa shape index (κ3) is 3.63. The molecule has 2 aliphatic heterocycles. The third-order valence-corrected chi connectivity index (χ3v) is 5.92. The largest absolute Gasteiger partial charge is 0.337 e. The van der Waals surface area contributed by atoms with Gasteiger partial charge in [-0.25, -0.2) is 0 Å². The van der Waals surface area contributed by atoms with Crippen molar-refractivity contribution >= 4 is 11.8 Å². The maximum absolute atomic E-state index is 12.9. The SMILES string of the molecule is Cc1cnc(CN2C[C@]3(CCCN(C(=O)c4ccnn4C)C3)CCC2=O)cn1. The van der Waals surface area contributed by atoms with Crippen LogP contribution in [0.1, 0.15) is 47.6 Å². The van der Waals surface area contributed by atoms with E-state index in [-0.39, 0.29) is 17.2 Å². The zero-order chi connectivity index (χ0) is 19.7. The first-order chi connectivity index (χ1) is 13.5. The molecule has 2 aromatic rings. The quantitative estimate of drug-likeness (QED) is 0.804. The van der Waals surface area contributed by atoms with Gasteiger partial charge in [-0.1, -0.05) is 0 Å². The molecule has 2 aromatic heterocycles. The van der Waals surface area contributed by atoms with Crippen molar-refractivity contribution < 1.29 is 9.59 Å². The summed E-state index contributed by atoms with van der Waals surface area (Å²) in [5.41, 5.74) is 2.23. The first-order valence-corrected chi connectivity index (χ1v) is 9.78. The van der Waals surface area contributed by atoms with Crippen LogP contribution in [0.25, 0.3) is 0 Å². The second-order valence-corrected chi connectivity index (χ2v) is 8.07. The zero-order valence-electron chi connectivity index (χ0n) is 16.5. The van der Waals surface area contributed by atoms with Crippen molar-refractivity contribution in [1.82, 2.24) is 29.5 Å². The monoisotopic (exact) mass is 382 g/mol. The van der Waals surface area contributed by atoms with Crippen molar-refractivity contribution in [2.75, 3.05) is 19.6 Å². The number of hydrogen-bond acceptors (Lipinski definition) is 5. The summed E-state index contributed by atoms with van der Waals surface area (Å²) in [6, 6.07) is 1.76. The highest BCUT2D eigenvalue weighted by Crippen LogP contribution is 2.39. The summed E-state index contributed by atoms with van der Waals surface area (Å²) in [7, 11) is 1.79. The fourth-order valence-corrected chi connectivity index (χ4v) is 4.40. The van der Waals surface area contributed by atoms with E-state index in [0.717, 1.165) is 37.2 Å². The van der Waals surface area contributed by atoms with Crippen molar-refractivity contribution in [2.45, 2.75) is 39.2 Å². The molecule has 4 heterocycles. The van der Waals surface area contributed by atoms with E-state index < -0.39 is 0 Å². The topological polar surface area (TPSA) is 84.2 Å². The Morgan fingerprint density at radius 3 is 2.79 bits per heavy atom. The summed E-state index contributed by atoms with van der Waals surface area (Å²) in [5.74, 6) is 0.176. The Bertz CT molecular complexity index is 877. The first-order valence-electron chi connectivity index (χ1n) is 9.78. The maximum atomic E-state index is 12.9. The standard InChI is InChI=1S/C20H26N6O2/c1-15-10-22-16(11-21-15)12-26-14-20(7-4-18(26)27)6-3-9-25(13-20)19(28)17-5-8-23-24(17)2/h5,8,10-11H,3-4,6-7,9,12-14H2,1-2H3/t20-/m1/s1. The Morgan fingerprint density at radius 1 is 1.21 bits per heavy atom. The van der Waals surface area contributed by atoms with Crippen LogP contribution in [0, 0.1) is 12.3 Å². The fourth-order valence-electron chi connectivity index (χ4n) is 4.40. The normalized spacial score (nSPS) is 22.7.